The Morgan fingerprint density at radius 3 is 3.16 bits per heavy atom. The number of aryl methyl sites for hydroxylation is 1. The van der Waals surface area contributed by atoms with Gasteiger partial charge in [-0.15, -0.1) is 11.3 Å². The van der Waals surface area contributed by atoms with E-state index in [9.17, 15) is 0 Å². The number of thiazole rings is 1. The van der Waals surface area contributed by atoms with Crippen LogP contribution in [0.1, 0.15) is 43.3 Å². The van der Waals surface area contributed by atoms with Crippen molar-refractivity contribution in [3.05, 3.63) is 10.6 Å². The summed E-state index contributed by atoms with van der Waals surface area (Å²) >= 11 is 4.02. The summed E-state index contributed by atoms with van der Waals surface area (Å²) in [6.45, 7) is 7.86. The minimum Gasteiger partial charge on any atom is -0.346 e. The molecule has 19 heavy (non-hydrogen) atoms. The minimum absolute atomic E-state index is 0.496. The predicted molar refractivity (Wildman–Crippen MR) is 85.6 cm³/mol. The lowest BCUT2D eigenvalue weighted by atomic mass is 9.98. The predicted octanol–water partition coefficient (Wildman–Crippen LogP) is 3.07. The second kappa shape index (κ2) is 6.02. The molecule has 1 fully saturated rings. The van der Waals surface area contributed by atoms with E-state index in [0.717, 1.165) is 24.9 Å². The van der Waals surface area contributed by atoms with E-state index in [-0.39, 0.29) is 0 Å². The third kappa shape index (κ3) is 2.93. The highest BCUT2D eigenvalue weighted by molar-refractivity contribution is 8.00. The highest BCUT2D eigenvalue weighted by Crippen LogP contribution is 2.37. The van der Waals surface area contributed by atoms with Gasteiger partial charge in [-0.05, 0) is 25.8 Å². The Morgan fingerprint density at radius 2 is 2.37 bits per heavy atom. The largest absolute Gasteiger partial charge is 0.346 e. The van der Waals surface area contributed by atoms with Crippen LogP contribution >= 0.6 is 23.1 Å². The van der Waals surface area contributed by atoms with Gasteiger partial charge in [0.15, 0.2) is 5.13 Å². The second-order valence-electron chi connectivity index (χ2n) is 5.43. The van der Waals surface area contributed by atoms with E-state index < -0.39 is 0 Å². The van der Waals surface area contributed by atoms with Crippen LogP contribution in [0.3, 0.4) is 0 Å². The maximum Gasteiger partial charge on any atom is 0.185 e. The molecule has 106 valence electrons. The first-order valence-corrected chi connectivity index (χ1v) is 9.24. The fourth-order valence-corrected chi connectivity index (χ4v) is 5.19. The lowest BCUT2D eigenvalue weighted by Gasteiger charge is -2.30. The SMILES string of the molecule is CCNC1CCCc2sc(N3CCSC(C)C3)nc21. The van der Waals surface area contributed by atoms with E-state index in [4.69, 9.17) is 4.98 Å². The molecular formula is C14H23N3S2. The van der Waals surface area contributed by atoms with E-state index in [1.165, 1.54) is 40.7 Å². The molecule has 2 heterocycles. The maximum absolute atomic E-state index is 4.98. The average molecular weight is 297 g/mol. The van der Waals surface area contributed by atoms with Crippen LogP contribution < -0.4 is 10.2 Å². The van der Waals surface area contributed by atoms with Crippen molar-refractivity contribution in [3.8, 4) is 0 Å². The van der Waals surface area contributed by atoms with Crippen LogP contribution in [0.2, 0.25) is 0 Å². The van der Waals surface area contributed by atoms with Gasteiger partial charge in [-0.1, -0.05) is 13.8 Å². The Bertz CT molecular complexity index is 432. The van der Waals surface area contributed by atoms with Crippen molar-refractivity contribution in [3.63, 3.8) is 0 Å². The summed E-state index contributed by atoms with van der Waals surface area (Å²) in [6, 6.07) is 0.496. The number of nitrogens with zero attached hydrogens (tertiary/aromatic N) is 2. The lowest BCUT2D eigenvalue weighted by molar-refractivity contribution is 0.465. The summed E-state index contributed by atoms with van der Waals surface area (Å²) in [6.07, 6.45) is 3.78. The van der Waals surface area contributed by atoms with Crippen LogP contribution in [-0.4, -0.2) is 35.6 Å². The summed E-state index contributed by atoms with van der Waals surface area (Å²) < 4.78 is 0. The van der Waals surface area contributed by atoms with Gasteiger partial charge in [0, 0.05) is 29.0 Å². The molecule has 1 aliphatic heterocycles. The zero-order valence-electron chi connectivity index (χ0n) is 11.8. The fourth-order valence-electron chi connectivity index (χ4n) is 2.98. The molecule has 2 aliphatic rings. The van der Waals surface area contributed by atoms with Crippen LogP contribution in [-0.2, 0) is 6.42 Å². The van der Waals surface area contributed by atoms with Gasteiger partial charge in [-0.2, -0.15) is 11.8 Å². The summed E-state index contributed by atoms with van der Waals surface area (Å²) in [5, 5.41) is 5.59. The van der Waals surface area contributed by atoms with Crippen LogP contribution in [0, 0.1) is 0 Å². The Morgan fingerprint density at radius 1 is 1.47 bits per heavy atom. The summed E-state index contributed by atoms with van der Waals surface area (Å²) in [5.74, 6) is 1.24. The van der Waals surface area contributed by atoms with Crippen molar-refractivity contribution in [1.29, 1.82) is 0 Å². The van der Waals surface area contributed by atoms with Crippen LogP contribution in [0.4, 0.5) is 5.13 Å². The second-order valence-corrected chi connectivity index (χ2v) is 8.04. The molecule has 2 atom stereocenters. The summed E-state index contributed by atoms with van der Waals surface area (Å²) in [5.41, 5.74) is 1.35. The van der Waals surface area contributed by atoms with E-state index in [1.807, 2.05) is 11.3 Å². The maximum atomic E-state index is 4.98. The van der Waals surface area contributed by atoms with Gasteiger partial charge in [0.2, 0.25) is 0 Å². The van der Waals surface area contributed by atoms with Crippen LogP contribution in [0.25, 0.3) is 0 Å². The molecule has 1 aliphatic carbocycles. The molecule has 0 radical (unpaired) electrons. The van der Waals surface area contributed by atoms with Crippen LogP contribution in [0.5, 0.6) is 0 Å². The van der Waals surface area contributed by atoms with Gasteiger partial charge in [-0.3, -0.25) is 0 Å². The van der Waals surface area contributed by atoms with Crippen molar-refractivity contribution in [2.45, 2.75) is 44.4 Å². The number of hydrogen-bond donors (Lipinski definition) is 1. The molecule has 1 saturated heterocycles. The van der Waals surface area contributed by atoms with Crippen molar-refractivity contribution >= 4 is 28.2 Å². The first-order chi connectivity index (χ1) is 9.28. The molecule has 1 aromatic rings. The third-order valence-corrected chi connectivity index (χ3v) is 6.23. The molecule has 3 rings (SSSR count). The molecule has 1 N–H and O–H groups in total. The monoisotopic (exact) mass is 297 g/mol. The van der Waals surface area contributed by atoms with Gasteiger partial charge < -0.3 is 10.2 Å². The van der Waals surface area contributed by atoms with E-state index in [0.29, 0.717) is 6.04 Å². The van der Waals surface area contributed by atoms with Crippen molar-refractivity contribution in [2.24, 2.45) is 0 Å². The smallest absolute Gasteiger partial charge is 0.185 e. The first-order valence-electron chi connectivity index (χ1n) is 7.37. The third-order valence-electron chi connectivity index (χ3n) is 3.91. The number of hydrogen-bond acceptors (Lipinski definition) is 5. The number of thioether (sulfide) groups is 1. The number of aromatic nitrogens is 1. The Balaban J connectivity index is 1.80. The lowest BCUT2D eigenvalue weighted by Crippen LogP contribution is -2.36. The normalized spacial score (nSPS) is 27.4. The van der Waals surface area contributed by atoms with Gasteiger partial charge in [0.1, 0.15) is 0 Å². The zero-order chi connectivity index (χ0) is 13.2. The molecule has 5 heteroatoms. The van der Waals surface area contributed by atoms with E-state index in [2.05, 4.69) is 35.8 Å². The Hall–Kier alpha value is -0.260. The first kappa shape index (κ1) is 13.7. The molecule has 1 aromatic heterocycles. The fraction of sp³-hybridized carbons (Fsp3) is 0.786. The summed E-state index contributed by atoms with van der Waals surface area (Å²) in [7, 11) is 0. The molecular weight excluding hydrogens is 274 g/mol. The summed E-state index contributed by atoms with van der Waals surface area (Å²) in [4.78, 5) is 9.00. The van der Waals surface area contributed by atoms with E-state index >= 15 is 0 Å². The van der Waals surface area contributed by atoms with Crippen molar-refractivity contribution in [1.82, 2.24) is 10.3 Å². The average Bonchev–Trinajstić information content (AvgIpc) is 2.84. The van der Waals surface area contributed by atoms with Gasteiger partial charge >= 0.3 is 0 Å². The highest BCUT2D eigenvalue weighted by Gasteiger charge is 2.27. The van der Waals surface area contributed by atoms with Crippen molar-refractivity contribution < 1.29 is 0 Å². The number of nitrogens with one attached hydrogen (secondary N) is 1. The zero-order valence-corrected chi connectivity index (χ0v) is 13.4. The van der Waals surface area contributed by atoms with Crippen LogP contribution in [0.15, 0.2) is 0 Å². The molecule has 0 spiro atoms. The molecule has 0 aromatic carbocycles. The molecule has 2 unspecified atom stereocenters. The van der Waals surface area contributed by atoms with E-state index in [1.54, 1.807) is 0 Å². The topological polar surface area (TPSA) is 28.2 Å². The molecule has 0 amide bonds. The minimum atomic E-state index is 0.496. The number of anilines is 1. The van der Waals surface area contributed by atoms with Gasteiger partial charge in [0.05, 0.1) is 11.7 Å². The molecule has 0 bridgehead atoms. The van der Waals surface area contributed by atoms with Gasteiger partial charge in [0.25, 0.3) is 0 Å². The van der Waals surface area contributed by atoms with Gasteiger partial charge in [-0.25, -0.2) is 4.98 Å². The standard InChI is InChI=1S/C14H23N3S2/c1-3-15-11-5-4-6-12-13(11)16-14(19-12)17-7-8-18-10(2)9-17/h10-11,15H,3-9H2,1-2H3. The Kier molecular flexibility index (Phi) is 4.34. The quantitative estimate of drug-likeness (QED) is 0.928. The van der Waals surface area contributed by atoms with Crippen molar-refractivity contribution in [2.75, 3.05) is 30.3 Å². The highest BCUT2D eigenvalue weighted by atomic mass is 32.2. The number of rotatable bonds is 3. The molecule has 3 nitrogen and oxygen atoms in total. The molecule has 0 saturated carbocycles. The Labute approximate surface area is 124 Å². The number of fused-ring (bicyclic) bond motifs is 1.